The number of nitrogens with one attached hydrogen (secondary N) is 1. The van der Waals surface area contributed by atoms with Crippen LogP contribution in [0.5, 0.6) is 0 Å². The van der Waals surface area contributed by atoms with Crippen LogP contribution in [0.25, 0.3) is 46.4 Å². The van der Waals surface area contributed by atoms with E-state index in [2.05, 4.69) is 91.0 Å². The number of aromatic nitrogens is 4. The van der Waals surface area contributed by atoms with Crippen molar-refractivity contribution in [1.82, 2.24) is 19.5 Å². The molecule has 1 N–H and O–H groups in total. The molecule has 0 saturated heterocycles. The lowest BCUT2D eigenvalue weighted by Crippen LogP contribution is -1.94. The molecule has 0 unspecified atom stereocenters. The van der Waals surface area contributed by atoms with Gasteiger partial charge in [0.15, 0.2) is 0 Å². The van der Waals surface area contributed by atoms with Gasteiger partial charge in [-0.1, -0.05) is 26.7 Å². The van der Waals surface area contributed by atoms with Crippen LogP contribution in [-0.2, 0) is 19.4 Å². The molecule has 4 heteroatoms. The van der Waals surface area contributed by atoms with Crippen LogP contribution in [-0.4, -0.2) is 19.5 Å². The van der Waals surface area contributed by atoms with Crippen molar-refractivity contribution in [3.05, 3.63) is 70.3 Å². The Kier molecular flexibility index (Phi) is 5.99. The van der Waals surface area contributed by atoms with Crippen molar-refractivity contribution in [2.24, 2.45) is 0 Å². The second kappa shape index (κ2) is 9.22. The number of aryl methyl sites for hydroxylation is 3. The van der Waals surface area contributed by atoms with Crippen LogP contribution in [0, 0.1) is 0 Å². The smallest absolute Gasteiger partial charge is 0.0658 e. The van der Waals surface area contributed by atoms with Crippen LogP contribution >= 0.6 is 0 Å². The van der Waals surface area contributed by atoms with Crippen LogP contribution < -0.4 is 0 Å². The Morgan fingerprint density at radius 1 is 0.697 bits per heavy atom. The summed E-state index contributed by atoms with van der Waals surface area (Å²) in [5, 5.41) is 0. The van der Waals surface area contributed by atoms with Crippen molar-refractivity contribution < 1.29 is 0 Å². The van der Waals surface area contributed by atoms with Crippen LogP contribution in [0.1, 0.15) is 73.9 Å². The third-order valence-corrected chi connectivity index (χ3v) is 6.54. The number of nitrogens with zero attached hydrogens (tertiary/aromatic N) is 3. The minimum absolute atomic E-state index is 0.918. The number of hydrogen-bond donors (Lipinski definition) is 1. The van der Waals surface area contributed by atoms with Crippen LogP contribution in [0.15, 0.2) is 36.4 Å². The first-order chi connectivity index (χ1) is 16.2. The Morgan fingerprint density at radius 2 is 1.24 bits per heavy atom. The molecule has 8 bridgehead atoms. The molecule has 0 radical (unpaired) electrons. The second-order valence-electron chi connectivity index (χ2n) is 8.82. The van der Waals surface area contributed by atoms with Gasteiger partial charge in [-0.25, -0.2) is 9.97 Å². The highest BCUT2D eigenvalue weighted by Crippen LogP contribution is 2.29. The molecular formula is C29H32N4. The Labute approximate surface area is 195 Å². The van der Waals surface area contributed by atoms with Crippen LogP contribution in [0.2, 0.25) is 0 Å². The van der Waals surface area contributed by atoms with E-state index in [0.717, 1.165) is 53.2 Å². The molecule has 4 nitrogen and oxygen atoms in total. The quantitative estimate of drug-likeness (QED) is 0.281. The highest BCUT2D eigenvalue weighted by Gasteiger charge is 2.15. The Morgan fingerprint density at radius 3 is 1.76 bits per heavy atom. The van der Waals surface area contributed by atoms with E-state index >= 15 is 0 Å². The van der Waals surface area contributed by atoms with Gasteiger partial charge in [-0.15, -0.1) is 0 Å². The minimum Gasteiger partial charge on any atom is -0.355 e. The summed E-state index contributed by atoms with van der Waals surface area (Å²) in [6, 6.07) is 12.9. The highest BCUT2D eigenvalue weighted by molar-refractivity contribution is 5.81. The first-order valence-corrected chi connectivity index (χ1v) is 12.3. The summed E-state index contributed by atoms with van der Waals surface area (Å²) < 4.78 is 2.46. The van der Waals surface area contributed by atoms with Crippen molar-refractivity contribution in [3.63, 3.8) is 0 Å². The minimum atomic E-state index is 0.918. The number of aromatic amines is 1. The average molecular weight is 437 g/mol. The zero-order valence-electron chi connectivity index (χ0n) is 19.9. The summed E-state index contributed by atoms with van der Waals surface area (Å²) in [5.41, 5.74) is 11.6. The van der Waals surface area contributed by atoms with E-state index in [1.165, 1.54) is 41.4 Å². The molecule has 3 aromatic rings. The van der Waals surface area contributed by atoms with Gasteiger partial charge in [0.1, 0.15) is 0 Å². The van der Waals surface area contributed by atoms with E-state index in [4.69, 9.17) is 9.97 Å². The molecule has 33 heavy (non-hydrogen) atoms. The fourth-order valence-corrected chi connectivity index (χ4v) is 4.97. The molecule has 2 aliphatic heterocycles. The van der Waals surface area contributed by atoms with Gasteiger partial charge < -0.3 is 9.55 Å². The number of fused-ring (bicyclic) bond motifs is 8. The summed E-state index contributed by atoms with van der Waals surface area (Å²) in [4.78, 5) is 13.3. The standard InChI is InChI=1S/C29H32N4/c1-4-7-8-9-27-26(5-2)28-18-24-14-12-22(31-24)16-20-10-11-21(30-20)17-23-13-15-25(32-23)19-29(27)33(28)6-3/h10-19,30H,4-9H2,1-3H3. The molecule has 5 heterocycles. The maximum absolute atomic E-state index is 4.91. The topological polar surface area (TPSA) is 46.5 Å². The summed E-state index contributed by atoms with van der Waals surface area (Å²) in [5.74, 6) is 0. The summed E-state index contributed by atoms with van der Waals surface area (Å²) in [6.07, 6.45) is 14.3. The van der Waals surface area contributed by atoms with E-state index < -0.39 is 0 Å². The molecule has 3 aromatic heterocycles. The first-order valence-electron chi connectivity index (χ1n) is 12.3. The monoisotopic (exact) mass is 436 g/mol. The van der Waals surface area contributed by atoms with Gasteiger partial charge >= 0.3 is 0 Å². The fraction of sp³-hybridized carbons (Fsp3) is 0.310. The van der Waals surface area contributed by atoms with Crippen molar-refractivity contribution in [2.75, 3.05) is 0 Å². The number of H-pyrrole nitrogens is 1. The van der Waals surface area contributed by atoms with Crippen molar-refractivity contribution in [3.8, 4) is 0 Å². The molecule has 0 spiro atoms. The lowest BCUT2D eigenvalue weighted by atomic mass is 10.0. The highest BCUT2D eigenvalue weighted by atomic mass is 15.0. The van der Waals surface area contributed by atoms with Gasteiger partial charge in [0.05, 0.1) is 22.8 Å². The molecular weight excluding hydrogens is 404 g/mol. The predicted octanol–water partition coefficient (Wildman–Crippen LogP) is 7.44. The Bertz CT molecular complexity index is 1400. The van der Waals surface area contributed by atoms with Gasteiger partial charge in [0.25, 0.3) is 0 Å². The number of rotatable bonds is 6. The zero-order valence-corrected chi connectivity index (χ0v) is 19.9. The van der Waals surface area contributed by atoms with E-state index in [0.29, 0.717) is 0 Å². The van der Waals surface area contributed by atoms with E-state index in [9.17, 15) is 0 Å². The molecule has 0 aromatic carbocycles. The van der Waals surface area contributed by atoms with Crippen LogP contribution in [0.4, 0.5) is 0 Å². The fourth-order valence-electron chi connectivity index (χ4n) is 4.97. The van der Waals surface area contributed by atoms with E-state index in [-0.39, 0.29) is 0 Å². The van der Waals surface area contributed by atoms with Gasteiger partial charge in [-0.2, -0.15) is 0 Å². The van der Waals surface area contributed by atoms with E-state index in [1.807, 2.05) is 0 Å². The zero-order chi connectivity index (χ0) is 22.8. The van der Waals surface area contributed by atoms with Gasteiger partial charge in [0.2, 0.25) is 0 Å². The average Bonchev–Trinajstić information content (AvgIpc) is 3.58. The van der Waals surface area contributed by atoms with E-state index in [1.54, 1.807) is 0 Å². The number of hydrogen-bond acceptors (Lipinski definition) is 2. The lowest BCUT2D eigenvalue weighted by Gasteiger charge is -2.04. The molecule has 0 saturated carbocycles. The maximum Gasteiger partial charge on any atom is 0.0658 e. The van der Waals surface area contributed by atoms with Crippen LogP contribution in [0.3, 0.4) is 0 Å². The summed E-state index contributed by atoms with van der Waals surface area (Å²) >= 11 is 0. The van der Waals surface area contributed by atoms with Gasteiger partial charge in [-0.05, 0) is 98.0 Å². The SMILES string of the molecule is CCCCCc1c(CC)c2cc3nc(cc4ccc(cc5nc(cc1n2CC)C=C5)[nH]4)C=C3. The third-order valence-electron chi connectivity index (χ3n) is 6.54. The van der Waals surface area contributed by atoms with Crippen molar-refractivity contribution in [1.29, 1.82) is 0 Å². The molecule has 5 rings (SSSR count). The summed E-state index contributed by atoms with van der Waals surface area (Å²) in [6.45, 7) is 7.70. The Hall–Kier alpha value is -3.40. The first kappa shape index (κ1) is 21.4. The number of unbranched alkanes of at least 4 members (excludes halogenated alkanes) is 2. The largest absolute Gasteiger partial charge is 0.355 e. The van der Waals surface area contributed by atoms with Crippen molar-refractivity contribution in [2.45, 2.75) is 59.4 Å². The molecule has 0 aliphatic carbocycles. The molecule has 2 aliphatic rings. The molecule has 0 fully saturated rings. The van der Waals surface area contributed by atoms with Gasteiger partial charge in [-0.3, -0.25) is 0 Å². The predicted molar refractivity (Wildman–Crippen MR) is 141 cm³/mol. The Balaban J connectivity index is 1.87. The third kappa shape index (κ3) is 4.30. The molecule has 168 valence electrons. The maximum atomic E-state index is 4.91. The lowest BCUT2D eigenvalue weighted by molar-refractivity contribution is 0.716. The van der Waals surface area contributed by atoms with Crippen molar-refractivity contribution >= 4 is 46.4 Å². The summed E-state index contributed by atoms with van der Waals surface area (Å²) in [7, 11) is 0. The molecule has 0 amide bonds. The molecule has 0 atom stereocenters. The van der Waals surface area contributed by atoms with Gasteiger partial charge in [0, 0.05) is 28.6 Å². The second-order valence-corrected chi connectivity index (χ2v) is 8.82. The normalized spacial score (nSPS) is 12.6.